The van der Waals surface area contributed by atoms with E-state index in [9.17, 15) is 0 Å². The van der Waals surface area contributed by atoms with Crippen LogP contribution >= 0.6 is 0 Å². The van der Waals surface area contributed by atoms with E-state index in [1.165, 1.54) is 54.1 Å². The second kappa shape index (κ2) is 12.4. The van der Waals surface area contributed by atoms with Gasteiger partial charge in [0.25, 0.3) is 0 Å². The Bertz CT molecular complexity index is 3140. The molecule has 0 bridgehead atoms. The van der Waals surface area contributed by atoms with Gasteiger partial charge in [-0.25, -0.2) is 0 Å². The molecule has 0 amide bonds. The van der Waals surface area contributed by atoms with Crippen LogP contribution in [0.2, 0.25) is 0 Å². The minimum Gasteiger partial charge on any atom is -0.456 e. The van der Waals surface area contributed by atoms with Crippen molar-refractivity contribution in [3.05, 3.63) is 212 Å². The van der Waals surface area contributed by atoms with Gasteiger partial charge in [0.15, 0.2) is 8.07 Å². The van der Waals surface area contributed by atoms with E-state index in [2.05, 4.69) is 211 Å². The second-order valence-corrected chi connectivity index (χ2v) is 18.8. The molecule has 0 atom stereocenters. The fourth-order valence-electron chi connectivity index (χ4n) is 10.1. The molecule has 1 spiro atoms. The van der Waals surface area contributed by atoms with Gasteiger partial charge in [-0.2, -0.15) is 0 Å². The van der Waals surface area contributed by atoms with Crippen molar-refractivity contribution < 1.29 is 4.42 Å². The predicted octanol–water partition coefficient (Wildman–Crippen LogP) is 11.7. The van der Waals surface area contributed by atoms with Gasteiger partial charge in [-0.3, -0.25) is 0 Å². The number of furan rings is 1. The van der Waals surface area contributed by atoms with Gasteiger partial charge in [0.05, 0.1) is 5.69 Å². The Morgan fingerprint density at radius 3 is 1.58 bits per heavy atom. The van der Waals surface area contributed by atoms with Crippen molar-refractivity contribution in [2.45, 2.75) is 0 Å². The van der Waals surface area contributed by atoms with Gasteiger partial charge < -0.3 is 9.32 Å². The van der Waals surface area contributed by atoms with E-state index in [0.717, 1.165) is 50.1 Å². The Hall–Kier alpha value is -7.20. The first-order chi connectivity index (χ1) is 28.3. The van der Waals surface area contributed by atoms with Crippen molar-refractivity contribution in [2.24, 2.45) is 0 Å². The molecule has 57 heavy (non-hydrogen) atoms. The van der Waals surface area contributed by atoms with Crippen LogP contribution in [0.3, 0.4) is 0 Å². The minimum atomic E-state index is -2.67. The molecule has 0 radical (unpaired) electrons. The lowest BCUT2D eigenvalue weighted by Crippen LogP contribution is -2.70. The highest BCUT2D eigenvalue weighted by molar-refractivity contribution is 7.24. The van der Waals surface area contributed by atoms with E-state index in [1.807, 2.05) is 6.07 Å². The Labute approximate surface area is 332 Å². The molecular weight excluding hydrogens is 707 g/mol. The van der Waals surface area contributed by atoms with Gasteiger partial charge in [-0.05, 0) is 102 Å². The molecule has 0 N–H and O–H groups in total. The number of benzene rings is 9. The first-order valence-corrected chi connectivity index (χ1v) is 21.7. The normalized spacial score (nSPS) is 13.1. The minimum absolute atomic E-state index is 0.885. The predicted molar refractivity (Wildman–Crippen MR) is 241 cm³/mol. The number of fused-ring (bicyclic) bond motifs is 13. The molecule has 12 rings (SSSR count). The Balaban J connectivity index is 1.18. The lowest BCUT2D eigenvalue weighted by molar-refractivity contribution is 0.669. The van der Waals surface area contributed by atoms with Crippen molar-refractivity contribution >= 4 is 67.8 Å². The van der Waals surface area contributed by atoms with Crippen molar-refractivity contribution in [1.29, 1.82) is 0 Å². The van der Waals surface area contributed by atoms with Gasteiger partial charge >= 0.3 is 0 Å². The molecule has 3 heterocycles. The third kappa shape index (κ3) is 4.52. The zero-order valence-electron chi connectivity index (χ0n) is 31.1. The Kier molecular flexibility index (Phi) is 6.98. The fraction of sp³-hybridized carbons (Fsp3) is 0. The summed E-state index contributed by atoms with van der Waals surface area (Å²) in [7, 11) is -2.67. The van der Waals surface area contributed by atoms with Crippen LogP contribution in [0, 0.1) is 0 Å². The van der Waals surface area contributed by atoms with Crippen LogP contribution in [0.15, 0.2) is 217 Å². The molecule has 10 aromatic rings. The first-order valence-electron chi connectivity index (χ1n) is 19.7. The molecular formula is C54H35NOSi. The highest BCUT2D eigenvalue weighted by Gasteiger charge is 2.54. The summed E-state index contributed by atoms with van der Waals surface area (Å²) in [6.45, 7) is 0. The van der Waals surface area contributed by atoms with Crippen molar-refractivity contribution in [3.8, 4) is 44.5 Å². The fourth-order valence-corrected chi connectivity index (χ4v) is 15.7. The molecule has 1 aromatic heterocycles. The van der Waals surface area contributed by atoms with Gasteiger partial charge in [0, 0.05) is 27.7 Å². The van der Waals surface area contributed by atoms with Gasteiger partial charge in [0.1, 0.15) is 11.2 Å². The molecule has 9 aromatic carbocycles. The molecule has 266 valence electrons. The van der Waals surface area contributed by atoms with Crippen LogP contribution in [-0.2, 0) is 0 Å². The summed E-state index contributed by atoms with van der Waals surface area (Å²) < 4.78 is 6.51. The largest absolute Gasteiger partial charge is 0.456 e. The van der Waals surface area contributed by atoms with Gasteiger partial charge in [0.2, 0.25) is 0 Å². The van der Waals surface area contributed by atoms with E-state index >= 15 is 0 Å². The van der Waals surface area contributed by atoms with Crippen LogP contribution in [0.1, 0.15) is 0 Å². The lowest BCUT2D eigenvalue weighted by Gasteiger charge is -2.32. The van der Waals surface area contributed by atoms with Crippen LogP contribution in [-0.4, -0.2) is 8.07 Å². The standard InChI is InChI=1S/C54H35NOSi/c1-3-17-36(18-4-1)39-25-15-27-46(53(39)45-26-16-29-48-54(45)44-24-7-11-28-47(44)56-48)55(37-19-5-2-6-20-37)38-33-34-43-42-23-10-14-32-51(42)57(52(43)35-38)49-30-12-8-21-40(49)41-22-9-13-31-50(41)57/h1-35H. The quantitative estimate of drug-likeness (QED) is 0.163. The Morgan fingerprint density at radius 2 is 0.877 bits per heavy atom. The zero-order chi connectivity index (χ0) is 37.5. The van der Waals surface area contributed by atoms with E-state index in [1.54, 1.807) is 0 Å². The SMILES string of the molecule is c1ccc(-c2cccc(N(c3ccccc3)c3ccc4c(c3)[Si]3(c5ccccc5-c5ccccc53)c3ccccc3-4)c2-c2cccc3oc4ccccc4c23)cc1. The highest BCUT2D eigenvalue weighted by Crippen LogP contribution is 2.49. The highest BCUT2D eigenvalue weighted by atomic mass is 28.3. The third-order valence-corrected chi connectivity index (χ3v) is 17.2. The lowest BCUT2D eigenvalue weighted by atomic mass is 9.89. The second-order valence-electron chi connectivity index (χ2n) is 15.1. The molecule has 2 aliphatic rings. The molecule has 0 fully saturated rings. The average molecular weight is 742 g/mol. The molecule has 0 unspecified atom stereocenters. The summed E-state index contributed by atoms with van der Waals surface area (Å²) in [5.41, 5.74) is 15.2. The number of rotatable bonds is 5. The van der Waals surface area contributed by atoms with Crippen LogP contribution in [0.4, 0.5) is 17.1 Å². The number of para-hydroxylation sites is 2. The average Bonchev–Trinajstić information content (AvgIpc) is 3.91. The molecule has 2 nitrogen and oxygen atoms in total. The topological polar surface area (TPSA) is 16.4 Å². The first kappa shape index (κ1) is 32.1. The number of nitrogens with zero attached hydrogens (tertiary/aromatic N) is 1. The smallest absolute Gasteiger partial charge is 0.182 e. The van der Waals surface area contributed by atoms with Gasteiger partial charge in [-0.15, -0.1) is 0 Å². The zero-order valence-corrected chi connectivity index (χ0v) is 32.1. The van der Waals surface area contributed by atoms with Gasteiger partial charge in [-0.1, -0.05) is 170 Å². The number of hydrogen-bond donors (Lipinski definition) is 0. The maximum atomic E-state index is 6.51. The summed E-state index contributed by atoms with van der Waals surface area (Å²) in [6.07, 6.45) is 0. The van der Waals surface area contributed by atoms with Crippen molar-refractivity contribution in [1.82, 2.24) is 0 Å². The van der Waals surface area contributed by atoms with E-state index < -0.39 is 8.07 Å². The molecule has 0 saturated heterocycles. The molecule has 0 aliphatic carbocycles. The molecule has 0 saturated carbocycles. The van der Waals surface area contributed by atoms with Crippen molar-refractivity contribution in [3.63, 3.8) is 0 Å². The third-order valence-electron chi connectivity index (χ3n) is 12.3. The van der Waals surface area contributed by atoms with Crippen LogP contribution in [0.25, 0.3) is 66.4 Å². The van der Waals surface area contributed by atoms with Crippen LogP contribution in [0.5, 0.6) is 0 Å². The molecule has 2 aliphatic heterocycles. The summed E-state index contributed by atoms with van der Waals surface area (Å²) in [5.74, 6) is 0. The maximum Gasteiger partial charge on any atom is 0.182 e. The summed E-state index contributed by atoms with van der Waals surface area (Å²) in [4.78, 5) is 2.49. The molecule has 3 heteroatoms. The van der Waals surface area contributed by atoms with Crippen molar-refractivity contribution in [2.75, 3.05) is 4.90 Å². The number of hydrogen-bond acceptors (Lipinski definition) is 2. The summed E-state index contributed by atoms with van der Waals surface area (Å²) in [6, 6.07) is 78.2. The maximum absolute atomic E-state index is 6.51. The van der Waals surface area contributed by atoms with E-state index in [-0.39, 0.29) is 0 Å². The summed E-state index contributed by atoms with van der Waals surface area (Å²) >= 11 is 0. The Morgan fingerprint density at radius 1 is 0.351 bits per heavy atom. The number of anilines is 3. The monoisotopic (exact) mass is 741 g/mol. The van der Waals surface area contributed by atoms with Crippen LogP contribution < -0.4 is 25.6 Å². The summed E-state index contributed by atoms with van der Waals surface area (Å²) in [5, 5.41) is 8.12. The van der Waals surface area contributed by atoms with E-state index in [4.69, 9.17) is 4.42 Å². The van der Waals surface area contributed by atoms with E-state index in [0.29, 0.717) is 0 Å².